The van der Waals surface area contributed by atoms with Crippen molar-refractivity contribution in [1.82, 2.24) is 10.2 Å². The van der Waals surface area contributed by atoms with Crippen LogP contribution in [0.15, 0.2) is 36.4 Å². The monoisotopic (exact) mass is 428 g/mol. The minimum Gasteiger partial charge on any atom is -0.466 e. The summed E-state index contributed by atoms with van der Waals surface area (Å²) in [7, 11) is 1.22. The molecule has 1 aromatic heterocycles. The molecule has 0 radical (unpaired) electrons. The van der Waals surface area contributed by atoms with Gasteiger partial charge in [0, 0.05) is 21.5 Å². The van der Waals surface area contributed by atoms with Crippen LogP contribution in [-0.2, 0) is 22.1 Å². The first-order chi connectivity index (χ1) is 13.2. The fourth-order valence-corrected chi connectivity index (χ4v) is 3.25. The Morgan fingerprint density at radius 3 is 2.61 bits per heavy atom. The van der Waals surface area contributed by atoms with Gasteiger partial charge in [0.25, 0.3) is 0 Å². The van der Waals surface area contributed by atoms with Gasteiger partial charge in [0.1, 0.15) is 0 Å². The Labute approximate surface area is 167 Å². The molecular weight excluding hydrogens is 416 g/mol. The largest absolute Gasteiger partial charge is 0.466 e. The standard InChI is InChI=1S/C19H13Cl2F3N2O2/c1-28-17(27)5-4-15-18-11(6-10-2-3-13(20)9-14(10)21)7-12(19(22,23)24)8-16(18)26-25-15/h2-5,7-9H,6H2,1H3,(H,25,26)/b5-4-. The van der Waals surface area contributed by atoms with E-state index in [1.807, 2.05) is 0 Å². The van der Waals surface area contributed by atoms with Crippen molar-refractivity contribution in [3.05, 3.63) is 68.8 Å². The molecule has 28 heavy (non-hydrogen) atoms. The number of alkyl halides is 3. The average Bonchev–Trinajstić information content (AvgIpc) is 3.04. The van der Waals surface area contributed by atoms with E-state index in [0.717, 1.165) is 18.2 Å². The predicted molar refractivity (Wildman–Crippen MR) is 101 cm³/mol. The summed E-state index contributed by atoms with van der Waals surface area (Å²) < 4.78 is 44.5. The van der Waals surface area contributed by atoms with Crippen LogP contribution < -0.4 is 0 Å². The molecule has 3 aromatic rings. The van der Waals surface area contributed by atoms with Gasteiger partial charge < -0.3 is 4.74 Å². The number of hydrogen-bond donors (Lipinski definition) is 1. The van der Waals surface area contributed by atoms with Crippen LogP contribution in [0.25, 0.3) is 17.0 Å². The number of aromatic nitrogens is 2. The first-order valence-corrected chi connectivity index (χ1v) is 8.73. The Hall–Kier alpha value is -2.51. The number of aromatic amines is 1. The molecule has 1 N–H and O–H groups in total. The summed E-state index contributed by atoms with van der Waals surface area (Å²) in [5.74, 6) is -0.606. The fourth-order valence-electron chi connectivity index (χ4n) is 2.78. The number of ether oxygens (including phenoxy) is 1. The van der Waals surface area contributed by atoms with E-state index in [-0.39, 0.29) is 11.9 Å². The SMILES string of the molecule is COC(=O)/C=C\c1n[nH]c2cc(C(F)(F)F)cc(Cc3ccc(Cl)cc3Cl)c12. The van der Waals surface area contributed by atoms with E-state index < -0.39 is 17.7 Å². The molecule has 9 heteroatoms. The van der Waals surface area contributed by atoms with Crippen LogP contribution >= 0.6 is 23.2 Å². The summed E-state index contributed by atoms with van der Waals surface area (Å²) in [6.07, 6.45) is -1.88. The van der Waals surface area contributed by atoms with Gasteiger partial charge in [-0.05, 0) is 47.9 Å². The molecule has 1 heterocycles. The summed E-state index contributed by atoms with van der Waals surface area (Å²) in [4.78, 5) is 11.4. The van der Waals surface area contributed by atoms with Crippen molar-refractivity contribution in [2.24, 2.45) is 0 Å². The second-order valence-electron chi connectivity index (χ2n) is 5.93. The van der Waals surface area contributed by atoms with Crippen molar-refractivity contribution in [3.63, 3.8) is 0 Å². The molecule has 3 rings (SSSR count). The first kappa shape index (κ1) is 20.2. The summed E-state index contributed by atoms with van der Waals surface area (Å²) in [6.45, 7) is 0. The van der Waals surface area contributed by atoms with Gasteiger partial charge in [-0.15, -0.1) is 0 Å². The quantitative estimate of drug-likeness (QED) is 0.430. The lowest BCUT2D eigenvalue weighted by molar-refractivity contribution is -0.137. The van der Waals surface area contributed by atoms with Crippen molar-refractivity contribution >= 4 is 46.2 Å². The van der Waals surface area contributed by atoms with Crippen LogP contribution in [0, 0.1) is 0 Å². The maximum atomic E-state index is 13.3. The number of nitrogens with zero attached hydrogens (tertiary/aromatic N) is 1. The molecule has 0 aliphatic rings. The van der Waals surface area contributed by atoms with E-state index in [4.69, 9.17) is 23.2 Å². The van der Waals surface area contributed by atoms with Gasteiger partial charge in [0.05, 0.1) is 23.9 Å². The van der Waals surface area contributed by atoms with E-state index >= 15 is 0 Å². The maximum Gasteiger partial charge on any atom is 0.416 e. The topological polar surface area (TPSA) is 55.0 Å². The minimum atomic E-state index is -4.53. The molecule has 0 aliphatic heterocycles. The Morgan fingerprint density at radius 1 is 1.21 bits per heavy atom. The molecule has 4 nitrogen and oxygen atoms in total. The number of fused-ring (bicyclic) bond motifs is 1. The zero-order chi connectivity index (χ0) is 20.5. The van der Waals surface area contributed by atoms with Gasteiger partial charge in [-0.25, -0.2) is 4.79 Å². The second kappa shape index (κ2) is 7.85. The van der Waals surface area contributed by atoms with Crippen LogP contribution in [0.3, 0.4) is 0 Å². The van der Waals surface area contributed by atoms with Crippen molar-refractivity contribution in [2.45, 2.75) is 12.6 Å². The van der Waals surface area contributed by atoms with Gasteiger partial charge in [0.15, 0.2) is 0 Å². The minimum absolute atomic E-state index is 0.120. The van der Waals surface area contributed by atoms with Gasteiger partial charge in [-0.1, -0.05) is 29.3 Å². The Balaban J connectivity index is 2.17. The second-order valence-corrected chi connectivity index (χ2v) is 6.78. The lowest BCUT2D eigenvalue weighted by atomic mass is 9.97. The number of benzene rings is 2. The summed E-state index contributed by atoms with van der Waals surface area (Å²) in [5.41, 5.74) is 0.656. The van der Waals surface area contributed by atoms with Gasteiger partial charge >= 0.3 is 12.1 Å². The number of carbonyl (C=O) groups excluding carboxylic acids is 1. The van der Waals surface area contributed by atoms with E-state index in [9.17, 15) is 18.0 Å². The lowest BCUT2D eigenvalue weighted by Gasteiger charge is -2.12. The van der Waals surface area contributed by atoms with Gasteiger partial charge in [-0.2, -0.15) is 18.3 Å². The highest BCUT2D eigenvalue weighted by atomic mass is 35.5. The zero-order valence-corrected chi connectivity index (χ0v) is 15.9. The van der Waals surface area contributed by atoms with Gasteiger partial charge in [0.2, 0.25) is 0 Å². The van der Waals surface area contributed by atoms with E-state index in [0.29, 0.717) is 32.3 Å². The molecule has 0 spiro atoms. The lowest BCUT2D eigenvalue weighted by Crippen LogP contribution is -2.06. The highest BCUT2D eigenvalue weighted by molar-refractivity contribution is 6.35. The Kier molecular flexibility index (Phi) is 5.67. The molecule has 0 aliphatic carbocycles. The number of nitrogens with one attached hydrogen (secondary N) is 1. The van der Waals surface area contributed by atoms with Crippen LogP contribution in [0.5, 0.6) is 0 Å². The third kappa shape index (κ3) is 4.31. The Bertz CT molecular complexity index is 1070. The molecule has 0 bridgehead atoms. The van der Waals surface area contributed by atoms with E-state index in [1.54, 1.807) is 12.1 Å². The number of rotatable bonds is 4. The third-order valence-corrected chi connectivity index (χ3v) is 4.66. The highest BCUT2D eigenvalue weighted by Gasteiger charge is 2.32. The fraction of sp³-hybridized carbons (Fsp3) is 0.158. The Morgan fingerprint density at radius 2 is 1.96 bits per heavy atom. The van der Waals surface area contributed by atoms with E-state index in [2.05, 4.69) is 14.9 Å². The predicted octanol–water partition coefficient (Wildman–Crippen LogP) is 5.67. The molecule has 0 saturated heterocycles. The third-order valence-electron chi connectivity index (χ3n) is 4.07. The van der Waals surface area contributed by atoms with Gasteiger partial charge in [-0.3, -0.25) is 5.10 Å². The van der Waals surface area contributed by atoms with Crippen LogP contribution in [-0.4, -0.2) is 23.3 Å². The van der Waals surface area contributed by atoms with Crippen molar-refractivity contribution in [2.75, 3.05) is 7.11 Å². The number of carbonyl (C=O) groups is 1. The molecule has 2 aromatic carbocycles. The highest BCUT2D eigenvalue weighted by Crippen LogP contribution is 2.35. The molecule has 0 unspecified atom stereocenters. The van der Waals surface area contributed by atoms with Crippen molar-refractivity contribution in [3.8, 4) is 0 Å². The summed E-state index contributed by atoms with van der Waals surface area (Å²) in [6, 6.07) is 6.82. The molecule has 0 fully saturated rings. The molecule has 0 saturated carbocycles. The van der Waals surface area contributed by atoms with Crippen molar-refractivity contribution < 1.29 is 22.7 Å². The molecular formula is C19H13Cl2F3N2O2. The average molecular weight is 429 g/mol. The zero-order valence-electron chi connectivity index (χ0n) is 14.4. The van der Waals surface area contributed by atoms with Crippen molar-refractivity contribution in [1.29, 1.82) is 0 Å². The summed E-state index contributed by atoms with van der Waals surface area (Å²) >= 11 is 12.1. The maximum absolute atomic E-state index is 13.3. The molecule has 146 valence electrons. The van der Waals surface area contributed by atoms with Crippen LogP contribution in [0.2, 0.25) is 10.0 Å². The molecule has 0 amide bonds. The van der Waals surface area contributed by atoms with Crippen LogP contribution in [0.1, 0.15) is 22.4 Å². The smallest absolute Gasteiger partial charge is 0.416 e. The normalized spacial score (nSPS) is 12.1. The van der Waals surface area contributed by atoms with E-state index in [1.165, 1.54) is 19.3 Å². The number of esters is 1. The first-order valence-electron chi connectivity index (χ1n) is 7.97. The number of hydrogen-bond acceptors (Lipinski definition) is 3. The number of H-pyrrole nitrogens is 1. The summed E-state index contributed by atoms with van der Waals surface area (Å²) in [5, 5.41) is 7.83. The van der Waals surface area contributed by atoms with Crippen LogP contribution in [0.4, 0.5) is 13.2 Å². The number of halogens is 5. The number of methoxy groups -OCH3 is 1. The molecule has 0 atom stereocenters.